The van der Waals surface area contributed by atoms with Crippen LogP contribution in [0, 0.1) is 11.8 Å². The van der Waals surface area contributed by atoms with Crippen molar-refractivity contribution in [1.82, 2.24) is 10.6 Å². The van der Waals surface area contributed by atoms with Crippen LogP contribution < -0.4 is 10.6 Å². The summed E-state index contributed by atoms with van der Waals surface area (Å²) in [4.78, 5) is 35.8. The van der Waals surface area contributed by atoms with Crippen LogP contribution in [0.25, 0.3) is 11.1 Å². The highest BCUT2D eigenvalue weighted by Crippen LogP contribution is 2.44. The molecule has 2 amide bonds. The second-order valence-corrected chi connectivity index (χ2v) is 9.82. The number of carbonyl (C=O) groups is 3. The van der Waals surface area contributed by atoms with E-state index in [1.54, 1.807) is 0 Å². The molecule has 0 aromatic heterocycles. The van der Waals surface area contributed by atoms with E-state index in [9.17, 15) is 14.4 Å². The van der Waals surface area contributed by atoms with Crippen molar-refractivity contribution in [1.29, 1.82) is 0 Å². The lowest BCUT2D eigenvalue weighted by Gasteiger charge is -2.35. The molecule has 178 valence electrons. The molecular weight excluding hydrogens is 432 g/mol. The summed E-state index contributed by atoms with van der Waals surface area (Å²) in [5.74, 6) is -0.888. The maximum absolute atomic E-state index is 12.4. The van der Waals surface area contributed by atoms with Crippen molar-refractivity contribution in [3.05, 3.63) is 59.7 Å². The molecule has 0 radical (unpaired) electrons. The molecule has 34 heavy (non-hydrogen) atoms. The first kappa shape index (κ1) is 22.4. The van der Waals surface area contributed by atoms with Crippen molar-refractivity contribution in [3.8, 4) is 11.1 Å². The topological polar surface area (TPSA) is 105 Å². The van der Waals surface area contributed by atoms with Crippen LogP contribution in [0.4, 0.5) is 4.79 Å². The minimum Gasteiger partial charge on any atom is -0.481 e. The number of carboxylic acid groups (broad SMARTS) is 1. The maximum atomic E-state index is 12.4. The van der Waals surface area contributed by atoms with Gasteiger partial charge in [-0.2, -0.15) is 0 Å². The Morgan fingerprint density at radius 2 is 1.50 bits per heavy atom. The number of benzene rings is 2. The molecule has 2 unspecified atom stereocenters. The van der Waals surface area contributed by atoms with E-state index in [0.717, 1.165) is 19.3 Å². The highest BCUT2D eigenvalue weighted by Gasteiger charge is 2.35. The van der Waals surface area contributed by atoms with Crippen molar-refractivity contribution in [2.24, 2.45) is 11.8 Å². The quantitative estimate of drug-likeness (QED) is 0.576. The van der Waals surface area contributed by atoms with E-state index in [-0.39, 0.29) is 42.4 Å². The van der Waals surface area contributed by atoms with E-state index >= 15 is 0 Å². The van der Waals surface area contributed by atoms with Crippen LogP contribution in [-0.2, 0) is 14.3 Å². The summed E-state index contributed by atoms with van der Waals surface area (Å²) in [6.07, 6.45) is 3.35. The molecule has 2 aromatic carbocycles. The highest BCUT2D eigenvalue weighted by molar-refractivity contribution is 5.79. The summed E-state index contributed by atoms with van der Waals surface area (Å²) in [6, 6.07) is 16.5. The zero-order chi connectivity index (χ0) is 23.7. The second kappa shape index (κ2) is 9.49. The number of rotatable bonds is 7. The van der Waals surface area contributed by atoms with Gasteiger partial charge in [0.05, 0.1) is 5.92 Å². The normalized spacial score (nSPS) is 25.1. The van der Waals surface area contributed by atoms with Gasteiger partial charge in [0.25, 0.3) is 0 Å². The van der Waals surface area contributed by atoms with Crippen molar-refractivity contribution in [3.63, 3.8) is 0 Å². The Morgan fingerprint density at radius 3 is 2.12 bits per heavy atom. The molecule has 0 spiro atoms. The van der Waals surface area contributed by atoms with E-state index in [0.29, 0.717) is 19.3 Å². The summed E-state index contributed by atoms with van der Waals surface area (Å²) in [7, 11) is 0. The summed E-state index contributed by atoms with van der Waals surface area (Å²) in [5, 5.41) is 15.0. The van der Waals surface area contributed by atoms with E-state index in [1.165, 1.54) is 22.3 Å². The van der Waals surface area contributed by atoms with Gasteiger partial charge in [-0.15, -0.1) is 0 Å². The molecule has 3 N–H and O–H groups in total. The van der Waals surface area contributed by atoms with Gasteiger partial charge in [-0.05, 0) is 60.3 Å². The lowest BCUT2D eigenvalue weighted by Crippen LogP contribution is -2.46. The van der Waals surface area contributed by atoms with Gasteiger partial charge in [0.15, 0.2) is 0 Å². The molecule has 0 aliphatic heterocycles. The van der Waals surface area contributed by atoms with Gasteiger partial charge in [-0.3, -0.25) is 9.59 Å². The first-order chi connectivity index (χ1) is 16.5. The number of hydrogen-bond acceptors (Lipinski definition) is 4. The van der Waals surface area contributed by atoms with E-state index in [2.05, 4.69) is 34.9 Å². The second-order valence-electron chi connectivity index (χ2n) is 9.82. The Kier molecular flexibility index (Phi) is 6.26. The van der Waals surface area contributed by atoms with Crippen LogP contribution in [0.1, 0.15) is 55.6 Å². The third kappa shape index (κ3) is 4.65. The molecule has 2 atom stereocenters. The fraction of sp³-hybridized carbons (Fsp3) is 0.444. The lowest BCUT2D eigenvalue weighted by molar-refractivity contribution is -0.141. The van der Waals surface area contributed by atoms with Crippen LogP contribution in [-0.4, -0.2) is 41.8 Å². The SMILES string of the molecule is O=C(CC1CC(NC(=O)OCC2c3ccccc3-c3ccccc32)C1)NC1CCC(C(=O)O)C1. The summed E-state index contributed by atoms with van der Waals surface area (Å²) < 4.78 is 5.60. The maximum Gasteiger partial charge on any atom is 0.407 e. The zero-order valence-electron chi connectivity index (χ0n) is 19.0. The molecular formula is C27H30N2O5. The van der Waals surface area contributed by atoms with Crippen molar-refractivity contribution in [2.45, 2.75) is 56.5 Å². The van der Waals surface area contributed by atoms with E-state index < -0.39 is 12.1 Å². The Labute approximate surface area is 198 Å². The molecule has 2 aromatic rings. The molecule has 0 saturated heterocycles. The predicted molar refractivity (Wildman–Crippen MR) is 126 cm³/mol. The Balaban J connectivity index is 1.04. The average Bonchev–Trinajstić information content (AvgIpc) is 3.39. The first-order valence-electron chi connectivity index (χ1n) is 12.1. The third-order valence-electron chi connectivity index (χ3n) is 7.52. The summed E-state index contributed by atoms with van der Waals surface area (Å²) in [6.45, 7) is 0.289. The van der Waals surface area contributed by atoms with Gasteiger partial charge in [0.1, 0.15) is 6.61 Å². The van der Waals surface area contributed by atoms with Crippen LogP contribution in [0.5, 0.6) is 0 Å². The summed E-state index contributed by atoms with van der Waals surface area (Å²) >= 11 is 0. The number of hydrogen-bond donors (Lipinski definition) is 3. The number of amides is 2. The van der Waals surface area contributed by atoms with Crippen LogP contribution >= 0.6 is 0 Å². The Bertz CT molecular complexity index is 1050. The zero-order valence-corrected chi connectivity index (χ0v) is 19.0. The summed E-state index contributed by atoms with van der Waals surface area (Å²) in [5.41, 5.74) is 4.76. The third-order valence-corrected chi connectivity index (χ3v) is 7.52. The number of carboxylic acids is 1. The molecule has 3 aliphatic carbocycles. The number of carbonyl (C=O) groups excluding carboxylic acids is 2. The van der Waals surface area contributed by atoms with Crippen LogP contribution in [0.15, 0.2) is 48.5 Å². The van der Waals surface area contributed by atoms with Gasteiger partial charge >= 0.3 is 12.1 Å². The van der Waals surface area contributed by atoms with Gasteiger partial charge < -0.3 is 20.5 Å². The van der Waals surface area contributed by atoms with Crippen LogP contribution in [0.3, 0.4) is 0 Å². The predicted octanol–water partition coefficient (Wildman–Crippen LogP) is 4.06. The van der Waals surface area contributed by atoms with Crippen molar-refractivity contribution in [2.75, 3.05) is 6.61 Å². The largest absolute Gasteiger partial charge is 0.481 e. The highest BCUT2D eigenvalue weighted by atomic mass is 16.5. The molecule has 2 saturated carbocycles. The van der Waals surface area contributed by atoms with Crippen LogP contribution in [0.2, 0.25) is 0 Å². The minimum atomic E-state index is -0.780. The number of fused-ring (bicyclic) bond motifs is 3. The number of aliphatic carboxylic acids is 1. The lowest BCUT2D eigenvalue weighted by atomic mass is 9.78. The number of ether oxygens (including phenoxy) is 1. The van der Waals surface area contributed by atoms with Crippen molar-refractivity contribution >= 4 is 18.0 Å². The molecule has 7 nitrogen and oxygen atoms in total. The Hall–Kier alpha value is -3.35. The minimum absolute atomic E-state index is 0.0244. The van der Waals surface area contributed by atoms with Crippen molar-refractivity contribution < 1.29 is 24.2 Å². The molecule has 0 bridgehead atoms. The molecule has 2 fully saturated rings. The number of nitrogens with one attached hydrogen (secondary N) is 2. The van der Waals surface area contributed by atoms with Gasteiger partial charge in [-0.1, -0.05) is 48.5 Å². The van der Waals surface area contributed by atoms with Gasteiger partial charge in [0.2, 0.25) is 5.91 Å². The monoisotopic (exact) mass is 462 g/mol. The molecule has 0 heterocycles. The molecule has 3 aliphatic rings. The number of alkyl carbamates (subject to hydrolysis) is 1. The van der Waals surface area contributed by atoms with E-state index in [4.69, 9.17) is 9.84 Å². The first-order valence-corrected chi connectivity index (χ1v) is 12.1. The van der Waals surface area contributed by atoms with E-state index in [1.807, 2.05) is 24.3 Å². The Morgan fingerprint density at radius 1 is 0.853 bits per heavy atom. The standard InChI is InChI=1S/C27H30N2O5/c30-25(28-18-10-9-17(14-18)26(31)32)13-16-11-19(12-16)29-27(33)34-15-24-22-7-3-1-5-20(22)21-6-2-4-8-23(21)24/h1-8,16-19,24H,9-15H2,(H,28,30)(H,29,33)(H,31,32). The fourth-order valence-corrected chi connectivity index (χ4v) is 5.71. The average molecular weight is 463 g/mol. The smallest absolute Gasteiger partial charge is 0.407 e. The van der Waals surface area contributed by atoms with Gasteiger partial charge in [0, 0.05) is 24.4 Å². The molecule has 5 rings (SSSR count). The van der Waals surface area contributed by atoms with Gasteiger partial charge in [-0.25, -0.2) is 4.79 Å². The molecule has 7 heteroatoms. The fourth-order valence-electron chi connectivity index (χ4n) is 5.71.